The van der Waals surface area contributed by atoms with Crippen LogP contribution in [0.1, 0.15) is 23.6 Å². The number of hydrogen-bond donors (Lipinski definition) is 0. The number of rotatable bonds is 7. The Kier molecular flexibility index (Phi) is 8.55. The number of anilines is 3. The molecule has 12 rings (SSSR count). The Morgan fingerprint density at radius 2 is 0.952 bits per heavy atom. The molecule has 0 aliphatic heterocycles. The van der Waals surface area contributed by atoms with Crippen molar-refractivity contribution in [2.45, 2.75) is 12.3 Å². The van der Waals surface area contributed by atoms with Gasteiger partial charge in [0.1, 0.15) is 0 Å². The van der Waals surface area contributed by atoms with Gasteiger partial charge in [-0.3, -0.25) is 0 Å². The van der Waals surface area contributed by atoms with Crippen molar-refractivity contribution in [1.82, 2.24) is 0 Å². The summed E-state index contributed by atoms with van der Waals surface area (Å²) in [5.74, 6) is 0. The summed E-state index contributed by atoms with van der Waals surface area (Å²) < 4.78 is 2.65. The maximum Gasteiger partial charge on any atom is 0.0467 e. The molecule has 0 N–H and O–H groups in total. The molecule has 0 bridgehead atoms. The van der Waals surface area contributed by atoms with Gasteiger partial charge in [-0.15, -0.1) is 11.3 Å². The van der Waals surface area contributed by atoms with Gasteiger partial charge in [0.05, 0.1) is 0 Å². The third kappa shape index (κ3) is 5.83. The molecule has 2 heteroatoms. The van der Waals surface area contributed by atoms with E-state index in [0.29, 0.717) is 0 Å². The number of fused-ring (bicyclic) bond motifs is 7. The Labute approximate surface area is 366 Å². The van der Waals surface area contributed by atoms with Crippen molar-refractivity contribution in [1.29, 1.82) is 0 Å². The van der Waals surface area contributed by atoms with Gasteiger partial charge >= 0.3 is 0 Å². The molecule has 0 saturated carbocycles. The van der Waals surface area contributed by atoms with E-state index in [1.165, 1.54) is 92.1 Å². The van der Waals surface area contributed by atoms with Crippen LogP contribution in [0.4, 0.5) is 17.1 Å². The van der Waals surface area contributed by atoms with Crippen molar-refractivity contribution in [2.24, 2.45) is 0 Å². The molecular weight excluding hydrogens is 767 g/mol. The van der Waals surface area contributed by atoms with Crippen LogP contribution < -0.4 is 4.90 Å². The first-order valence-corrected chi connectivity index (χ1v) is 22.2. The lowest BCUT2D eigenvalue weighted by atomic mass is 9.74. The second kappa shape index (κ2) is 14.6. The Hall–Kier alpha value is -7.52. The minimum Gasteiger partial charge on any atom is -0.310 e. The smallest absolute Gasteiger partial charge is 0.0467 e. The average molecular weight is 808 g/mol. The lowest BCUT2D eigenvalue weighted by Crippen LogP contribution is -2.22. The zero-order valence-corrected chi connectivity index (χ0v) is 35.1. The van der Waals surface area contributed by atoms with Crippen molar-refractivity contribution in [3.8, 4) is 44.5 Å². The van der Waals surface area contributed by atoms with Crippen LogP contribution in [0.3, 0.4) is 0 Å². The maximum atomic E-state index is 2.43. The van der Waals surface area contributed by atoms with Gasteiger partial charge in [0.25, 0.3) is 0 Å². The van der Waals surface area contributed by atoms with E-state index in [-0.39, 0.29) is 5.41 Å². The van der Waals surface area contributed by atoms with E-state index in [9.17, 15) is 0 Å². The Balaban J connectivity index is 0.959. The van der Waals surface area contributed by atoms with Crippen LogP contribution in [0.5, 0.6) is 0 Å². The van der Waals surface area contributed by atoms with E-state index >= 15 is 0 Å². The van der Waals surface area contributed by atoms with Gasteiger partial charge in [0.2, 0.25) is 0 Å². The number of hydrogen-bond acceptors (Lipinski definition) is 2. The summed E-state index contributed by atoms with van der Waals surface area (Å²) >= 11 is 1.88. The van der Waals surface area contributed by atoms with Crippen molar-refractivity contribution >= 4 is 59.3 Å². The molecule has 0 saturated heterocycles. The maximum absolute atomic E-state index is 2.43. The second-order valence-corrected chi connectivity index (χ2v) is 17.6. The van der Waals surface area contributed by atoms with Crippen LogP contribution >= 0.6 is 11.3 Å². The summed E-state index contributed by atoms with van der Waals surface area (Å²) in [5.41, 5.74) is 17.0. The van der Waals surface area contributed by atoms with E-state index in [1.54, 1.807) is 0 Å². The van der Waals surface area contributed by atoms with Gasteiger partial charge in [-0.1, -0.05) is 182 Å². The molecule has 0 spiro atoms. The predicted molar refractivity (Wildman–Crippen MR) is 265 cm³/mol. The fourth-order valence-corrected chi connectivity index (χ4v) is 11.3. The van der Waals surface area contributed by atoms with Gasteiger partial charge in [-0.05, 0) is 127 Å². The Bertz CT molecular complexity index is 3470. The first-order chi connectivity index (χ1) is 30.6. The molecule has 1 aliphatic carbocycles. The van der Waals surface area contributed by atoms with Crippen molar-refractivity contribution in [2.75, 3.05) is 4.90 Å². The Morgan fingerprint density at radius 1 is 0.355 bits per heavy atom. The number of thiophene rings is 1. The lowest BCUT2D eigenvalue weighted by molar-refractivity contribution is 0.714. The van der Waals surface area contributed by atoms with E-state index < -0.39 is 0 Å². The highest BCUT2D eigenvalue weighted by Gasteiger charge is 2.40. The summed E-state index contributed by atoms with van der Waals surface area (Å²) in [6.07, 6.45) is 0. The molecule has 1 aliphatic rings. The van der Waals surface area contributed by atoms with Gasteiger partial charge in [0.15, 0.2) is 0 Å². The molecule has 1 atom stereocenters. The SMILES string of the molecule is CC1(c2ccccc2)c2ccccc2-c2ccc(-c3ccc(N(c4ccc(-c5cccc6c5sc5ccccc56)cc4)c4cccc(-c5cccc6ccccc56)c4)cc3)cc21. The van der Waals surface area contributed by atoms with Crippen LogP contribution in [0, 0.1) is 0 Å². The van der Waals surface area contributed by atoms with Crippen LogP contribution in [0.15, 0.2) is 231 Å². The molecule has 11 aromatic rings. The normalized spacial score (nSPS) is 14.3. The Morgan fingerprint density at radius 3 is 1.79 bits per heavy atom. The monoisotopic (exact) mass is 807 g/mol. The van der Waals surface area contributed by atoms with Gasteiger partial charge in [0, 0.05) is 42.6 Å². The van der Waals surface area contributed by atoms with Crippen molar-refractivity contribution < 1.29 is 0 Å². The quantitative estimate of drug-likeness (QED) is 0.155. The van der Waals surface area contributed by atoms with Crippen molar-refractivity contribution in [3.05, 3.63) is 247 Å². The summed E-state index contributed by atoms with van der Waals surface area (Å²) in [4.78, 5) is 2.40. The molecule has 1 heterocycles. The highest BCUT2D eigenvalue weighted by Crippen LogP contribution is 2.53. The number of nitrogens with zero attached hydrogens (tertiary/aromatic N) is 1. The first kappa shape index (κ1) is 36.3. The highest BCUT2D eigenvalue weighted by atomic mass is 32.1. The van der Waals surface area contributed by atoms with Crippen LogP contribution in [0.25, 0.3) is 75.5 Å². The van der Waals surface area contributed by atoms with Gasteiger partial charge in [-0.25, -0.2) is 0 Å². The minimum atomic E-state index is -0.246. The topological polar surface area (TPSA) is 3.24 Å². The largest absolute Gasteiger partial charge is 0.310 e. The summed E-state index contributed by atoms with van der Waals surface area (Å²) in [7, 11) is 0. The van der Waals surface area contributed by atoms with E-state index in [0.717, 1.165) is 17.1 Å². The van der Waals surface area contributed by atoms with Crippen LogP contribution in [-0.2, 0) is 5.41 Å². The van der Waals surface area contributed by atoms with E-state index in [2.05, 4.69) is 242 Å². The zero-order chi connectivity index (χ0) is 41.2. The van der Waals surface area contributed by atoms with E-state index in [1.807, 2.05) is 11.3 Å². The standard InChI is InChI=1S/C60H41NS/c1-60(45-17-3-2-4-18-45)56-26-9-7-21-52(56)53-37-32-43(39-57(53)60)40-28-33-46(34-29-40)61(48-19-11-16-44(38-48)50-23-12-15-41-14-5-6-20-49(41)50)47-35-30-42(31-36-47)51-24-13-25-55-54-22-8-10-27-58(54)62-59(51)55/h2-39H,1H3. The van der Waals surface area contributed by atoms with E-state index in [4.69, 9.17) is 0 Å². The number of benzene rings is 10. The average Bonchev–Trinajstić information content (AvgIpc) is 3.85. The zero-order valence-electron chi connectivity index (χ0n) is 34.3. The predicted octanol–water partition coefficient (Wildman–Crippen LogP) is 17.0. The molecule has 0 fully saturated rings. The van der Waals surface area contributed by atoms with Gasteiger partial charge < -0.3 is 4.90 Å². The van der Waals surface area contributed by atoms with Crippen LogP contribution in [0.2, 0.25) is 0 Å². The summed E-state index contributed by atoms with van der Waals surface area (Å²) in [6.45, 7) is 2.39. The molecule has 0 radical (unpaired) electrons. The highest BCUT2D eigenvalue weighted by molar-refractivity contribution is 7.26. The molecule has 10 aromatic carbocycles. The van der Waals surface area contributed by atoms with Gasteiger partial charge in [-0.2, -0.15) is 0 Å². The van der Waals surface area contributed by atoms with Crippen LogP contribution in [-0.4, -0.2) is 0 Å². The molecule has 62 heavy (non-hydrogen) atoms. The molecule has 0 amide bonds. The second-order valence-electron chi connectivity index (χ2n) is 16.6. The molecule has 292 valence electrons. The molecular formula is C60H41NS. The van der Waals surface area contributed by atoms with Crippen molar-refractivity contribution in [3.63, 3.8) is 0 Å². The summed E-state index contributed by atoms with van der Waals surface area (Å²) in [6, 6.07) is 84.9. The summed E-state index contributed by atoms with van der Waals surface area (Å²) in [5, 5.41) is 5.13. The first-order valence-electron chi connectivity index (χ1n) is 21.4. The minimum absolute atomic E-state index is 0.246. The molecule has 1 nitrogen and oxygen atoms in total. The molecule has 1 aromatic heterocycles. The molecule has 1 unspecified atom stereocenters. The third-order valence-electron chi connectivity index (χ3n) is 13.2. The fraction of sp³-hybridized carbons (Fsp3) is 0.0333. The third-order valence-corrected chi connectivity index (χ3v) is 14.4. The fourth-order valence-electron chi connectivity index (χ4n) is 10.1. The lowest BCUT2D eigenvalue weighted by Gasteiger charge is -2.28.